The summed E-state index contributed by atoms with van der Waals surface area (Å²) in [5, 5.41) is 2.87. The fourth-order valence-electron chi connectivity index (χ4n) is 2.09. The van der Waals surface area contributed by atoms with Crippen LogP contribution in [0.15, 0.2) is 53.4 Å². The van der Waals surface area contributed by atoms with Crippen LogP contribution in [0.1, 0.15) is 30.9 Å². The maximum Gasteiger partial charge on any atom is 0.258 e. The fourth-order valence-corrected chi connectivity index (χ4v) is 2.50. The second-order valence-corrected chi connectivity index (χ2v) is 6.52. The molecule has 2 rings (SSSR count). The Bertz CT molecular complexity index is 621. The first-order valence-corrected chi connectivity index (χ1v) is 8.93. The third-order valence-electron chi connectivity index (χ3n) is 3.57. The molecule has 0 saturated carbocycles. The van der Waals surface area contributed by atoms with Gasteiger partial charge in [-0.15, -0.1) is 11.8 Å². The molecule has 0 saturated heterocycles. The van der Waals surface area contributed by atoms with E-state index < -0.39 is 0 Å². The van der Waals surface area contributed by atoms with Gasteiger partial charge >= 0.3 is 0 Å². The molecular weight excluding hydrogens is 306 g/mol. The van der Waals surface area contributed by atoms with Gasteiger partial charge in [0.1, 0.15) is 5.75 Å². The van der Waals surface area contributed by atoms with E-state index in [0.717, 1.165) is 5.56 Å². The molecule has 23 heavy (non-hydrogen) atoms. The number of hydrogen-bond donors (Lipinski definition) is 1. The van der Waals surface area contributed by atoms with Crippen LogP contribution in [0, 0.1) is 0 Å². The molecule has 4 heteroatoms. The Hall–Kier alpha value is -1.94. The van der Waals surface area contributed by atoms with Gasteiger partial charge in [-0.05, 0) is 47.6 Å². The van der Waals surface area contributed by atoms with E-state index in [4.69, 9.17) is 4.74 Å². The molecule has 0 aromatic heterocycles. The molecular formula is C19H23NO2S. The molecule has 0 aliphatic rings. The number of benzene rings is 2. The summed E-state index contributed by atoms with van der Waals surface area (Å²) in [7, 11) is 0. The van der Waals surface area contributed by atoms with Crippen LogP contribution < -0.4 is 10.1 Å². The van der Waals surface area contributed by atoms with Crippen LogP contribution >= 0.6 is 11.8 Å². The van der Waals surface area contributed by atoms with Crippen molar-refractivity contribution in [1.82, 2.24) is 5.32 Å². The predicted octanol–water partition coefficient (Wildman–Crippen LogP) is 4.23. The van der Waals surface area contributed by atoms with Gasteiger partial charge in [0.15, 0.2) is 6.61 Å². The van der Waals surface area contributed by atoms with Crippen molar-refractivity contribution < 1.29 is 9.53 Å². The molecule has 0 bridgehead atoms. The standard InChI is InChI=1S/C19H23NO2S/c1-14(2)16-6-8-17(9-7-16)22-13-19(21)20-12-15-4-10-18(23-3)11-5-15/h4-11,14H,12-13H2,1-3H3,(H,20,21). The van der Waals surface area contributed by atoms with E-state index in [1.807, 2.05) is 42.7 Å². The van der Waals surface area contributed by atoms with Crippen molar-refractivity contribution >= 4 is 17.7 Å². The number of hydrogen-bond acceptors (Lipinski definition) is 3. The lowest BCUT2D eigenvalue weighted by Gasteiger charge is -2.09. The number of rotatable bonds is 7. The molecule has 3 nitrogen and oxygen atoms in total. The molecule has 0 aliphatic heterocycles. The average Bonchev–Trinajstić information content (AvgIpc) is 2.59. The van der Waals surface area contributed by atoms with Crippen molar-refractivity contribution in [2.45, 2.75) is 31.2 Å². The van der Waals surface area contributed by atoms with Crippen LogP contribution in [-0.4, -0.2) is 18.8 Å². The van der Waals surface area contributed by atoms with Gasteiger partial charge in [0.05, 0.1) is 0 Å². The topological polar surface area (TPSA) is 38.3 Å². The highest BCUT2D eigenvalue weighted by atomic mass is 32.2. The summed E-state index contributed by atoms with van der Waals surface area (Å²) in [4.78, 5) is 13.1. The first-order valence-electron chi connectivity index (χ1n) is 7.71. The number of carbonyl (C=O) groups excluding carboxylic acids is 1. The van der Waals surface area contributed by atoms with Gasteiger partial charge in [-0.3, -0.25) is 4.79 Å². The molecule has 2 aromatic carbocycles. The minimum Gasteiger partial charge on any atom is -0.484 e. The molecule has 122 valence electrons. The zero-order valence-electron chi connectivity index (χ0n) is 13.8. The molecule has 0 radical (unpaired) electrons. The van der Waals surface area contributed by atoms with Gasteiger partial charge in [-0.1, -0.05) is 38.1 Å². The van der Waals surface area contributed by atoms with Gasteiger partial charge in [0.2, 0.25) is 0 Å². The lowest BCUT2D eigenvalue weighted by atomic mass is 10.0. The molecule has 1 N–H and O–H groups in total. The van der Waals surface area contributed by atoms with Crippen molar-refractivity contribution in [2.75, 3.05) is 12.9 Å². The van der Waals surface area contributed by atoms with E-state index in [1.54, 1.807) is 11.8 Å². The SMILES string of the molecule is CSc1ccc(CNC(=O)COc2ccc(C(C)C)cc2)cc1. The van der Waals surface area contributed by atoms with Crippen molar-refractivity contribution in [3.8, 4) is 5.75 Å². The van der Waals surface area contributed by atoms with E-state index in [9.17, 15) is 4.79 Å². The Labute approximate surface area is 142 Å². The Morgan fingerprint density at radius 2 is 1.74 bits per heavy atom. The van der Waals surface area contributed by atoms with E-state index in [-0.39, 0.29) is 12.5 Å². The third kappa shape index (κ3) is 5.64. The Balaban J connectivity index is 1.76. The van der Waals surface area contributed by atoms with Gasteiger partial charge in [-0.2, -0.15) is 0 Å². The van der Waals surface area contributed by atoms with Crippen LogP contribution in [-0.2, 0) is 11.3 Å². The Morgan fingerprint density at radius 3 is 2.30 bits per heavy atom. The molecule has 0 spiro atoms. The van der Waals surface area contributed by atoms with Gasteiger partial charge < -0.3 is 10.1 Å². The number of thioether (sulfide) groups is 1. The minimum absolute atomic E-state index is 0.0317. The van der Waals surface area contributed by atoms with Crippen LogP contribution in [0.4, 0.5) is 0 Å². The highest BCUT2D eigenvalue weighted by Crippen LogP contribution is 2.18. The smallest absolute Gasteiger partial charge is 0.258 e. The van der Waals surface area contributed by atoms with E-state index in [2.05, 4.69) is 31.3 Å². The first kappa shape index (κ1) is 17.4. The second kappa shape index (κ2) is 8.63. The Kier molecular flexibility index (Phi) is 6.53. The zero-order chi connectivity index (χ0) is 16.7. The normalized spacial score (nSPS) is 10.6. The van der Waals surface area contributed by atoms with Crippen molar-refractivity contribution in [3.63, 3.8) is 0 Å². The van der Waals surface area contributed by atoms with E-state index >= 15 is 0 Å². The van der Waals surface area contributed by atoms with Crippen LogP contribution in [0.5, 0.6) is 5.75 Å². The van der Waals surface area contributed by atoms with Crippen LogP contribution in [0.25, 0.3) is 0 Å². The minimum atomic E-state index is -0.119. The lowest BCUT2D eigenvalue weighted by molar-refractivity contribution is -0.123. The molecule has 0 aliphatic carbocycles. The van der Waals surface area contributed by atoms with Gasteiger partial charge in [-0.25, -0.2) is 0 Å². The molecule has 2 aromatic rings. The van der Waals surface area contributed by atoms with Crippen LogP contribution in [0.3, 0.4) is 0 Å². The van der Waals surface area contributed by atoms with Crippen molar-refractivity contribution in [1.29, 1.82) is 0 Å². The molecule has 0 atom stereocenters. The molecule has 1 amide bonds. The highest BCUT2D eigenvalue weighted by molar-refractivity contribution is 7.98. The summed E-state index contributed by atoms with van der Waals surface area (Å²) in [6.07, 6.45) is 2.04. The fraction of sp³-hybridized carbons (Fsp3) is 0.316. The van der Waals surface area contributed by atoms with E-state index in [1.165, 1.54) is 10.5 Å². The molecule has 0 fully saturated rings. The van der Waals surface area contributed by atoms with Crippen molar-refractivity contribution in [2.24, 2.45) is 0 Å². The lowest BCUT2D eigenvalue weighted by Crippen LogP contribution is -2.28. The van der Waals surface area contributed by atoms with Crippen molar-refractivity contribution in [3.05, 3.63) is 59.7 Å². The average molecular weight is 329 g/mol. The highest BCUT2D eigenvalue weighted by Gasteiger charge is 2.04. The summed E-state index contributed by atoms with van der Waals surface area (Å²) in [5.74, 6) is 1.09. The van der Waals surface area contributed by atoms with E-state index in [0.29, 0.717) is 18.2 Å². The number of carbonyl (C=O) groups is 1. The Morgan fingerprint density at radius 1 is 1.09 bits per heavy atom. The maximum atomic E-state index is 11.8. The van der Waals surface area contributed by atoms with Crippen LogP contribution in [0.2, 0.25) is 0 Å². The summed E-state index contributed by atoms with van der Waals surface area (Å²) >= 11 is 1.70. The number of nitrogens with one attached hydrogen (secondary N) is 1. The third-order valence-corrected chi connectivity index (χ3v) is 4.31. The molecule has 0 unspecified atom stereocenters. The first-order chi connectivity index (χ1) is 11.1. The maximum absolute atomic E-state index is 11.8. The van der Waals surface area contributed by atoms with Gasteiger partial charge in [0.25, 0.3) is 5.91 Å². The number of amides is 1. The second-order valence-electron chi connectivity index (χ2n) is 5.64. The largest absolute Gasteiger partial charge is 0.484 e. The monoisotopic (exact) mass is 329 g/mol. The molecule has 0 heterocycles. The van der Waals surface area contributed by atoms with Gasteiger partial charge in [0, 0.05) is 11.4 Å². The summed E-state index contributed by atoms with van der Waals surface area (Å²) in [6, 6.07) is 16.0. The summed E-state index contributed by atoms with van der Waals surface area (Å²) < 4.78 is 5.51. The number of ether oxygens (including phenoxy) is 1. The summed E-state index contributed by atoms with van der Waals surface area (Å²) in [5.41, 5.74) is 2.34. The summed E-state index contributed by atoms with van der Waals surface area (Å²) in [6.45, 7) is 4.84. The quantitative estimate of drug-likeness (QED) is 0.773. The predicted molar refractivity (Wildman–Crippen MR) is 96.1 cm³/mol. The zero-order valence-corrected chi connectivity index (χ0v) is 14.7.